The molecule has 2 aromatic carbocycles. The molecular weight excluding hydrogens is 508 g/mol. The van der Waals surface area contributed by atoms with E-state index in [0.29, 0.717) is 50.0 Å². The number of allylic oxidation sites excluding steroid dienone is 1. The molecule has 4 N–H and O–H groups in total. The number of nitrogens with two attached hydrogens (primary N) is 1. The van der Waals surface area contributed by atoms with E-state index in [1.807, 2.05) is 26.0 Å². The minimum atomic E-state index is -0.180. The Labute approximate surface area is 223 Å². The highest BCUT2D eigenvalue weighted by molar-refractivity contribution is 7.19. The Bertz CT molecular complexity index is 1480. The maximum Gasteiger partial charge on any atom is 0.272 e. The van der Waals surface area contributed by atoms with Crippen molar-refractivity contribution in [2.45, 2.75) is 20.8 Å². The molecule has 11 nitrogen and oxygen atoms in total. The molecule has 0 spiro atoms. The van der Waals surface area contributed by atoms with Crippen LogP contribution in [0.25, 0.3) is 22.2 Å². The van der Waals surface area contributed by atoms with Crippen LogP contribution < -0.4 is 30.6 Å². The van der Waals surface area contributed by atoms with E-state index in [0.717, 1.165) is 11.1 Å². The zero-order chi connectivity index (χ0) is 27.4. The Kier molecular flexibility index (Phi) is 7.82. The quantitative estimate of drug-likeness (QED) is 0.237. The Morgan fingerprint density at radius 2 is 1.76 bits per heavy atom. The second-order valence-corrected chi connectivity index (χ2v) is 9.15. The smallest absolute Gasteiger partial charge is 0.272 e. The van der Waals surface area contributed by atoms with Crippen molar-refractivity contribution in [1.82, 2.24) is 15.1 Å². The van der Waals surface area contributed by atoms with E-state index >= 15 is 0 Å². The van der Waals surface area contributed by atoms with Crippen molar-refractivity contribution in [2.75, 3.05) is 37.7 Å². The highest BCUT2D eigenvalue weighted by atomic mass is 32.1. The van der Waals surface area contributed by atoms with Crippen LogP contribution in [0.1, 0.15) is 19.4 Å². The highest BCUT2D eigenvalue weighted by Gasteiger charge is 2.20. The standard InChI is InChI=1S/C26H28N6O5S/c1-7-13(2)24(33)28-15-9-8-14(3)17(10-15)23-31-25(37-32-23)21-22(27)30-26(38-21)29-16-11-18(34-4)20(36-6)19(12-16)35-5/h7-12H,27H2,1-6H3,(H,28,33)(H,29,30). The fourth-order valence-electron chi connectivity index (χ4n) is 3.54. The highest BCUT2D eigenvalue weighted by Crippen LogP contribution is 2.42. The molecule has 0 aliphatic carbocycles. The zero-order valence-electron chi connectivity index (χ0n) is 21.8. The average molecular weight is 537 g/mol. The topological polar surface area (TPSA) is 147 Å². The van der Waals surface area contributed by atoms with E-state index in [9.17, 15) is 4.79 Å². The Hall–Kier alpha value is -4.58. The second kappa shape index (κ2) is 11.2. The van der Waals surface area contributed by atoms with Gasteiger partial charge in [-0.25, -0.2) is 4.98 Å². The average Bonchev–Trinajstić information content (AvgIpc) is 3.54. The third-order valence-corrected chi connectivity index (χ3v) is 6.69. The van der Waals surface area contributed by atoms with Gasteiger partial charge in [-0.3, -0.25) is 4.79 Å². The number of aromatic nitrogens is 3. The van der Waals surface area contributed by atoms with Gasteiger partial charge in [0, 0.05) is 34.6 Å². The third-order valence-electron chi connectivity index (χ3n) is 5.72. The zero-order valence-corrected chi connectivity index (χ0v) is 22.6. The number of rotatable bonds is 9. The lowest BCUT2D eigenvalue weighted by Crippen LogP contribution is -2.12. The maximum absolute atomic E-state index is 12.3. The number of hydrogen-bond acceptors (Lipinski definition) is 11. The molecule has 2 heterocycles. The number of anilines is 4. The molecule has 4 aromatic rings. The third kappa shape index (κ3) is 5.39. The lowest BCUT2D eigenvalue weighted by Gasteiger charge is -2.14. The number of ether oxygens (including phenoxy) is 3. The van der Waals surface area contributed by atoms with E-state index in [-0.39, 0.29) is 17.6 Å². The summed E-state index contributed by atoms with van der Waals surface area (Å²) in [6.07, 6.45) is 1.75. The first-order valence-electron chi connectivity index (χ1n) is 11.5. The number of nitrogen functional groups attached to an aromatic ring is 1. The molecule has 198 valence electrons. The molecule has 0 aliphatic rings. The first-order chi connectivity index (χ1) is 18.3. The maximum atomic E-state index is 12.3. The van der Waals surface area contributed by atoms with Crippen LogP contribution in [0.5, 0.6) is 17.2 Å². The molecule has 0 saturated carbocycles. The lowest BCUT2D eigenvalue weighted by molar-refractivity contribution is -0.112. The van der Waals surface area contributed by atoms with Gasteiger partial charge in [0.15, 0.2) is 16.6 Å². The fourth-order valence-corrected chi connectivity index (χ4v) is 4.37. The number of amides is 1. The summed E-state index contributed by atoms with van der Waals surface area (Å²) in [6, 6.07) is 9.03. The van der Waals surface area contributed by atoms with Gasteiger partial charge in [-0.05, 0) is 38.5 Å². The molecule has 0 atom stereocenters. The molecule has 0 radical (unpaired) electrons. The summed E-state index contributed by atoms with van der Waals surface area (Å²) in [6.45, 7) is 5.49. The molecule has 0 aliphatic heterocycles. The van der Waals surface area contributed by atoms with Crippen LogP contribution >= 0.6 is 11.3 Å². The minimum absolute atomic E-state index is 0.180. The van der Waals surface area contributed by atoms with Crippen molar-refractivity contribution >= 4 is 39.6 Å². The van der Waals surface area contributed by atoms with Crippen molar-refractivity contribution in [3.05, 3.63) is 47.5 Å². The van der Waals surface area contributed by atoms with Crippen LogP contribution in [0, 0.1) is 6.92 Å². The van der Waals surface area contributed by atoms with Gasteiger partial charge < -0.3 is 35.1 Å². The number of carbonyl (C=O) groups is 1. The van der Waals surface area contributed by atoms with Crippen molar-refractivity contribution < 1.29 is 23.5 Å². The van der Waals surface area contributed by atoms with E-state index < -0.39 is 0 Å². The van der Waals surface area contributed by atoms with E-state index in [1.54, 1.807) is 52.5 Å². The summed E-state index contributed by atoms with van der Waals surface area (Å²) >= 11 is 1.25. The molecular formula is C26H28N6O5S. The minimum Gasteiger partial charge on any atom is -0.493 e. The van der Waals surface area contributed by atoms with Crippen LogP contribution in [-0.4, -0.2) is 42.4 Å². The Morgan fingerprint density at radius 1 is 1.05 bits per heavy atom. The predicted octanol–water partition coefficient (Wildman–Crippen LogP) is 5.42. The first-order valence-corrected chi connectivity index (χ1v) is 12.3. The van der Waals surface area contributed by atoms with Crippen LogP contribution in [0.3, 0.4) is 0 Å². The molecule has 0 saturated heterocycles. The van der Waals surface area contributed by atoms with Gasteiger partial charge in [0.2, 0.25) is 11.6 Å². The summed E-state index contributed by atoms with van der Waals surface area (Å²) < 4.78 is 21.7. The van der Waals surface area contributed by atoms with Crippen LogP contribution in [0.15, 0.2) is 46.5 Å². The molecule has 12 heteroatoms. The number of hydrogen-bond donors (Lipinski definition) is 3. The number of methoxy groups -OCH3 is 3. The van der Waals surface area contributed by atoms with Crippen molar-refractivity contribution in [1.29, 1.82) is 0 Å². The van der Waals surface area contributed by atoms with Gasteiger partial charge in [-0.15, -0.1) is 0 Å². The molecule has 4 rings (SSSR count). The van der Waals surface area contributed by atoms with Crippen LogP contribution in [0.4, 0.5) is 22.3 Å². The summed E-state index contributed by atoms with van der Waals surface area (Å²) in [7, 11) is 4.63. The number of nitrogens with zero attached hydrogens (tertiary/aromatic N) is 3. The van der Waals surface area contributed by atoms with Gasteiger partial charge in [-0.2, -0.15) is 4.98 Å². The van der Waals surface area contributed by atoms with E-state index in [1.165, 1.54) is 11.3 Å². The van der Waals surface area contributed by atoms with Gasteiger partial charge in [-0.1, -0.05) is 28.6 Å². The van der Waals surface area contributed by atoms with Crippen molar-refractivity contribution in [3.63, 3.8) is 0 Å². The van der Waals surface area contributed by atoms with Crippen LogP contribution in [-0.2, 0) is 4.79 Å². The van der Waals surface area contributed by atoms with Crippen molar-refractivity contribution in [3.8, 4) is 39.4 Å². The van der Waals surface area contributed by atoms with E-state index in [2.05, 4.69) is 25.8 Å². The number of carbonyl (C=O) groups excluding carboxylic acids is 1. The fraction of sp³-hybridized carbons (Fsp3) is 0.231. The number of benzene rings is 2. The molecule has 38 heavy (non-hydrogen) atoms. The van der Waals surface area contributed by atoms with Crippen LogP contribution in [0.2, 0.25) is 0 Å². The van der Waals surface area contributed by atoms with Crippen molar-refractivity contribution in [2.24, 2.45) is 0 Å². The molecule has 2 aromatic heterocycles. The normalized spacial score (nSPS) is 11.3. The second-order valence-electron chi connectivity index (χ2n) is 8.15. The lowest BCUT2D eigenvalue weighted by atomic mass is 10.1. The molecule has 0 fully saturated rings. The van der Waals surface area contributed by atoms with Gasteiger partial charge >= 0.3 is 0 Å². The van der Waals surface area contributed by atoms with E-state index in [4.69, 9.17) is 24.5 Å². The van der Waals surface area contributed by atoms with Gasteiger partial charge in [0.25, 0.3) is 11.8 Å². The Balaban J connectivity index is 1.60. The predicted molar refractivity (Wildman–Crippen MR) is 147 cm³/mol. The number of nitrogens with one attached hydrogen (secondary N) is 2. The number of aryl methyl sites for hydroxylation is 1. The largest absolute Gasteiger partial charge is 0.493 e. The Morgan fingerprint density at radius 3 is 2.39 bits per heavy atom. The monoisotopic (exact) mass is 536 g/mol. The number of thiazole rings is 1. The summed E-state index contributed by atoms with van der Waals surface area (Å²) in [5, 5.41) is 10.7. The van der Waals surface area contributed by atoms with Gasteiger partial charge in [0.05, 0.1) is 21.3 Å². The van der Waals surface area contributed by atoms with Gasteiger partial charge in [0.1, 0.15) is 10.7 Å². The SMILES string of the molecule is CC=C(C)C(=O)Nc1ccc(C)c(-c2noc(-c3sc(Nc4cc(OC)c(OC)c(OC)c4)nc3N)n2)c1. The summed E-state index contributed by atoms with van der Waals surface area (Å²) in [5.41, 5.74) is 9.73. The molecule has 1 amide bonds. The molecule has 0 unspecified atom stereocenters. The molecule has 0 bridgehead atoms. The summed E-state index contributed by atoms with van der Waals surface area (Å²) in [4.78, 5) is 21.7. The first kappa shape index (κ1) is 26.5. The summed E-state index contributed by atoms with van der Waals surface area (Å²) in [5.74, 6) is 2.12.